The topological polar surface area (TPSA) is 46.9 Å². The van der Waals surface area contributed by atoms with Crippen molar-refractivity contribution in [3.05, 3.63) is 59.1 Å². The number of aromatic nitrogens is 2. The van der Waals surface area contributed by atoms with Gasteiger partial charge in [-0.3, -0.25) is 4.79 Å². The molecular weight excluding hydrogens is 330 g/mol. The molecule has 3 aromatic rings. The monoisotopic (exact) mass is 353 g/mol. The molecule has 0 saturated carbocycles. The van der Waals surface area contributed by atoms with E-state index in [2.05, 4.69) is 19.2 Å². The molecule has 2 heterocycles. The van der Waals surface area contributed by atoms with Gasteiger partial charge in [0.15, 0.2) is 0 Å². The Bertz CT molecular complexity index is 850. The van der Waals surface area contributed by atoms with Gasteiger partial charge in [0, 0.05) is 6.54 Å². The van der Waals surface area contributed by atoms with Crippen molar-refractivity contribution in [3.63, 3.8) is 0 Å². The Hall–Kier alpha value is -2.40. The van der Waals surface area contributed by atoms with Crippen LogP contribution in [-0.2, 0) is 0 Å². The van der Waals surface area contributed by atoms with Gasteiger partial charge in [0.25, 0.3) is 5.91 Å². The number of nitrogens with one attached hydrogen (secondary N) is 1. The fourth-order valence-electron chi connectivity index (χ4n) is 2.61. The molecule has 5 heteroatoms. The van der Waals surface area contributed by atoms with Crippen LogP contribution in [0.4, 0.5) is 0 Å². The molecule has 1 aromatic carbocycles. The van der Waals surface area contributed by atoms with Crippen molar-refractivity contribution in [2.24, 2.45) is 5.92 Å². The lowest BCUT2D eigenvalue weighted by molar-refractivity contribution is 0.0944. The normalized spacial score (nSPS) is 11.0. The zero-order chi connectivity index (χ0) is 17.8. The maximum atomic E-state index is 12.7. The van der Waals surface area contributed by atoms with E-state index in [-0.39, 0.29) is 5.91 Å². The van der Waals surface area contributed by atoms with Crippen LogP contribution in [0.3, 0.4) is 0 Å². The van der Waals surface area contributed by atoms with E-state index in [0.29, 0.717) is 18.2 Å². The zero-order valence-electron chi connectivity index (χ0n) is 14.8. The van der Waals surface area contributed by atoms with Crippen molar-refractivity contribution in [2.75, 3.05) is 6.54 Å². The van der Waals surface area contributed by atoms with E-state index < -0.39 is 0 Å². The average Bonchev–Trinajstić information content (AvgIpc) is 3.24. The molecule has 0 radical (unpaired) electrons. The summed E-state index contributed by atoms with van der Waals surface area (Å²) in [4.78, 5) is 13.8. The highest BCUT2D eigenvalue weighted by atomic mass is 32.1. The molecule has 0 aliphatic heterocycles. The van der Waals surface area contributed by atoms with Crippen LogP contribution in [0.5, 0.6) is 0 Å². The van der Waals surface area contributed by atoms with Crippen LogP contribution < -0.4 is 5.32 Å². The molecule has 2 aromatic heterocycles. The number of hydrogen-bond donors (Lipinski definition) is 1. The van der Waals surface area contributed by atoms with Gasteiger partial charge in [-0.25, -0.2) is 4.68 Å². The van der Waals surface area contributed by atoms with Crippen molar-refractivity contribution in [1.29, 1.82) is 0 Å². The highest BCUT2D eigenvalue weighted by Gasteiger charge is 2.18. The summed E-state index contributed by atoms with van der Waals surface area (Å²) >= 11 is 1.62. The molecule has 0 atom stereocenters. The van der Waals surface area contributed by atoms with Gasteiger partial charge in [-0.1, -0.05) is 32.0 Å². The van der Waals surface area contributed by atoms with Gasteiger partial charge in [-0.15, -0.1) is 11.3 Å². The molecule has 0 aliphatic rings. The van der Waals surface area contributed by atoms with Crippen LogP contribution in [0.1, 0.15) is 36.3 Å². The third-order valence-corrected chi connectivity index (χ3v) is 4.86. The molecule has 0 unspecified atom stereocenters. The first-order chi connectivity index (χ1) is 12.0. The predicted molar refractivity (Wildman–Crippen MR) is 103 cm³/mol. The molecule has 1 amide bonds. The molecule has 4 nitrogen and oxygen atoms in total. The minimum absolute atomic E-state index is 0.0857. The summed E-state index contributed by atoms with van der Waals surface area (Å²) in [6, 6.07) is 13.9. The third-order valence-electron chi connectivity index (χ3n) is 3.97. The van der Waals surface area contributed by atoms with E-state index in [4.69, 9.17) is 5.10 Å². The van der Waals surface area contributed by atoms with Crippen LogP contribution in [0.15, 0.2) is 47.8 Å². The minimum atomic E-state index is -0.0857. The van der Waals surface area contributed by atoms with E-state index in [1.165, 1.54) is 0 Å². The Labute approximate surface area is 152 Å². The van der Waals surface area contributed by atoms with Crippen molar-refractivity contribution in [2.45, 2.75) is 27.2 Å². The first-order valence-electron chi connectivity index (χ1n) is 8.54. The summed E-state index contributed by atoms with van der Waals surface area (Å²) in [6.45, 7) is 7.01. The predicted octanol–water partition coefficient (Wildman–Crippen LogP) is 4.69. The molecule has 0 bridgehead atoms. The Morgan fingerprint density at radius 3 is 2.76 bits per heavy atom. The molecule has 0 fully saturated rings. The average molecular weight is 353 g/mol. The fourth-order valence-corrected chi connectivity index (χ4v) is 3.29. The SMILES string of the molecule is Cc1cccc(-n2nc(-c3cccs3)cc2C(=O)NCCC(C)C)c1. The van der Waals surface area contributed by atoms with Crippen LogP contribution in [-0.4, -0.2) is 22.2 Å². The second kappa shape index (κ2) is 7.66. The number of rotatable bonds is 6. The van der Waals surface area contributed by atoms with Gasteiger partial charge in [-0.2, -0.15) is 5.10 Å². The smallest absolute Gasteiger partial charge is 0.270 e. The first kappa shape index (κ1) is 17.4. The van der Waals surface area contributed by atoms with Gasteiger partial charge >= 0.3 is 0 Å². The van der Waals surface area contributed by atoms with Crippen LogP contribution in [0, 0.1) is 12.8 Å². The zero-order valence-corrected chi connectivity index (χ0v) is 15.6. The van der Waals surface area contributed by atoms with Crippen molar-refractivity contribution in [3.8, 4) is 16.3 Å². The first-order valence-corrected chi connectivity index (χ1v) is 9.41. The second-order valence-corrected chi connectivity index (χ2v) is 7.53. The molecule has 3 rings (SSSR count). The Kier molecular flexibility index (Phi) is 5.34. The Balaban J connectivity index is 1.96. The molecular formula is C20H23N3OS. The lowest BCUT2D eigenvalue weighted by atomic mass is 10.1. The minimum Gasteiger partial charge on any atom is -0.351 e. The number of aryl methyl sites for hydroxylation is 1. The quantitative estimate of drug-likeness (QED) is 0.699. The van der Waals surface area contributed by atoms with Crippen molar-refractivity contribution in [1.82, 2.24) is 15.1 Å². The highest BCUT2D eigenvalue weighted by molar-refractivity contribution is 7.13. The molecule has 0 saturated heterocycles. The van der Waals surface area contributed by atoms with Gasteiger partial charge in [0.2, 0.25) is 0 Å². The maximum absolute atomic E-state index is 12.7. The van der Waals surface area contributed by atoms with E-state index in [0.717, 1.165) is 28.2 Å². The summed E-state index contributed by atoms with van der Waals surface area (Å²) < 4.78 is 1.74. The molecule has 0 aliphatic carbocycles. The number of benzene rings is 1. The second-order valence-electron chi connectivity index (χ2n) is 6.58. The number of carbonyl (C=O) groups excluding carboxylic acids is 1. The van der Waals surface area contributed by atoms with Gasteiger partial charge in [-0.05, 0) is 54.5 Å². The number of nitrogens with zero attached hydrogens (tertiary/aromatic N) is 2. The molecule has 0 spiro atoms. The van der Waals surface area contributed by atoms with E-state index in [9.17, 15) is 4.79 Å². The number of thiophene rings is 1. The van der Waals surface area contributed by atoms with Crippen molar-refractivity contribution >= 4 is 17.2 Å². The Morgan fingerprint density at radius 1 is 1.24 bits per heavy atom. The lowest BCUT2D eigenvalue weighted by Gasteiger charge is -2.10. The van der Waals surface area contributed by atoms with E-state index in [1.807, 2.05) is 54.8 Å². The standard InChI is InChI=1S/C20H23N3OS/c1-14(2)9-10-21-20(24)18-13-17(19-8-5-11-25-19)22-23(18)16-7-4-6-15(3)12-16/h4-8,11-14H,9-10H2,1-3H3,(H,21,24). The number of amides is 1. The van der Waals surface area contributed by atoms with E-state index >= 15 is 0 Å². The summed E-state index contributed by atoms with van der Waals surface area (Å²) in [5.41, 5.74) is 3.43. The molecule has 130 valence electrons. The number of carbonyl (C=O) groups is 1. The van der Waals surface area contributed by atoms with Gasteiger partial charge in [0.1, 0.15) is 11.4 Å². The van der Waals surface area contributed by atoms with Gasteiger partial charge < -0.3 is 5.32 Å². The van der Waals surface area contributed by atoms with Crippen LogP contribution >= 0.6 is 11.3 Å². The Morgan fingerprint density at radius 2 is 2.08 bits per heavy atom. The van der Waals surface area contributed by atoms with Crippen molar-refractivity contribution < 1.29 is 4.79 Å². The maximum Gasteiger partial charge on any atom is 0.270 e. The highest BCUT2D eigenvalue weighted by Crippen LogP contribution is 2.26. The summed E-state index contributed by atoms with van der Waals surface area (Å²) in [5, 5.41) is 9.73. The fraction of sp³-hybridized carbons (Fsp3) is 0.300. The summed E-state index contributed by atoms with van der Waals surface area (Å²) in [6.07, 6.45) is 0.960. The third kappa shape index (κ3) is 4.17. The molecule has 1 N–H and O–H groups in total. The van der Waals surface area contributed by atoms with Gasteiger partial charge in [0.05, 0.1) is 10.6 Å². The molecule has 25 heavy (non-hydrogen) atoms. The lowest BCUT2D eigenvalue weighted by Crippen LogP contribution is -2.27. The van der Waals surface area contributed by atoms with Crippen LogP contribution in [0.25, 0.3) is 16.3 Å². The summed E-state index contributed by atoms with van der Waals surface area (Å²) in [7, 11) is 0. The summed E-state index contributed by atoms with van der Waals surface area (Å²) in [5.74, 6) is 0.473. The van der Waals surface area contributed by atoms with E-state index in [1.54, 1.807) is 16.0 Å². The number of hydrogen-bond acceptors (Lipinski definition) is 3. The van der Waals surface area contributed by atoms with Crippen LogP contribution in [0.2, 0.25) is 0 Å². The largest absolute Gasteiger partial charge is 0.351 e.